The van der Waals surface area contributed by atoms with Gasteiger partial charge in [-0.1, -0.05) is 60.7 Å². The molecule has 4 unspecified atom stereocenters. The van der Waals surface area contributed by atoms with E-state index in [1.165, 1.54) is 19.1 Å². The van der Waals surface area contributed by atoms with Gasteiger partial charge in [0.25, 0.3) is 0 Å². The Morgan fingerprint density at radius 1 is 0.744 bits per heavy atom. The third-order valence-corrected chi connectivity index (χ3v) is 7.11. The Morgan fingerprint density at radius 3 is 2.07 bits per heavy atom. The number of amides is 3. The molecule has 4 aromatic rings. The summed E-state index contributed by atoms with van der Waals surface area (Å²) in [7, 11) is 0. The molecule has 0 saturated heterocycles. The van der Waals surface area contributed by atoms with Gasteiger partial charge >= 0.3 is 5.97 Å². The van der Waals surface area contributed by atoms with Crippen LogP contribution in [0.4, 0.5) is 0 Å². The molecule has 0 saturated carbocycles. The number of nitrogens with one attached hydrogen (secondary N) is 4. The van der Waals surface area contributed by atoms with E-state index >= 15 is 0 Å². The summed E-state index contributed by atoms with van der Waals surface area (Å²) < 4.78 is 0. The number of hydrogen-bond donors (Lipinski definition) is 7. The number of phenolic OH excluding ortho intramolecular Hbond substituents is 1. The van der Waals surface area contributed by atoms with Gasteiger partial charge in [0.05, 0.1) is 6.04 Å². The number of carbonyl (C=O) groups is 4. The van der Waals surface area contributed by atoms with Crippen LogP contribution in [-0.2, 0) is 38.4 Å². The van der Waals surface area contributed by atoms with Gasteiger partial charge in [-0.05, 0) is 48.2 Å². The summed E-state index contributed by atoms with van der Waals surface area (Å²) in [6.45, 7) is 1.44. The second-order valence-electron chi connectivity index (χ2n) is 10.4. The summed E-state index contributed by atoms with van der Waals surface area (Å²) in [5.74, 6) is -3.00. The minimum absolute atomic E-state index is 0.0702. The summed E-state index contributed by atoms with van der Waals surface area (Å²) in [5, 5.41) is 27.9. The number of rotatable bonds is 13. The van der Waals surface area contributed by atoms with E-state index in [9.17, 15) is 29.4 Å². The number of hydrogen-bond acceptors (Lipinski definition) is 6. The fourth-order valence-electron chi connectivity index (χ4n) is 4.71. The number of aromatic amines is 1. The van der Waals surface area contributed by atoms with Crippen LogP contribution in [0.5, 0.6) is 5.75 Å². The molecule has 3 aromatic carbocycles. The molecule has 8 N–H and O–H groups in total. The van der Waals surface area contributed by atoms with Gasteiger partial charge in [0.1, 0.15) is 23.9 Å². The van der Waals surface area contributed by atoms with Crippen LogP contribution < -0.4 is 21.7 Å². The van der Waals surface area contributed by atoms with Gasteiger partial charge in [0, 0.05) is 29.9 Å². The van der Waals surface area contributed by atoms with Gasteiger partial charge in [-0.25, -0.2) is 4.79 Å². The SMILES string of the molecule is CC(NC(=O)C(Cc1c[nH]c2ccccc12)NC(=O)C(N)Cc1ccc(O)cc1)C(=O)NC(Cc1ccccc1)C(=O)O. The number of phenols is 1. The molecular weight excluding hydrogens is 550 g/mol. The zero-order chi connectivity index (χ0) is 30.9. The molecule has 0 radical (unpaired) electrons. The molecule has 0 spiro atoms. The first-order chi connectivity index (χ1) is 20.6. The summed E-state index contributed by atoms with van der Waals surface area (Å²) in [5.41, 5.74) is 9.26. The fourth-order valence-corrected chi connectivity index (χ4v) is 4.71. The van der Waals surface area contributed by atoms with Crippen molar-refractivity contribution in [1.29, 1.82) is 0 Å². The Bertz CT molecular complexity index is 1570. The number of aromatic nitrogens is 1. The van der Waals surface area contributed by atoms with Crippen molar-refractivity contribution in [2.45, 2.75) is 50.4 Å². The van der Waals surface area contributed by atoms with Crippen LogP contribution in [0.15, 0.2) is 85.1 Å². The Balaban J connectivity index is 1.46. The van der Waals surface area contributed by atoms with Gasteiger partial charge < -0.3 is 36.9 Å². The first-order valence-electron chi connectivity index (χ1n) is 13.9. The highest BCUT2D eigenvalue weighted by Gasteiger charge is 2.29. The molecule has 43 heavy (non-hydrogen) atoms. The minimum atomic E-state index is -1.21. The number of H-pyrrole nitrogens is 1. The third kappa shape index (κ3) is 8.43. The van der Waals surface area contributed by atoms with E-state index in [1.807, 2.05) is 24.3 Å². The lowest BCUT2D eigenvalue weighted by Crippen LogP contribution is -2.57. The Hall–Kier alpha value is -5.16. The molecule has 3 amide bonds. The molecule has 0 aliphatic rings. The first kappa shape index (κ1) is 30.8. The summed E-state index contributed by atoms with van der Waals surface area (Å²) in [4.78, 5) is 54.5. The van der Waals surface area contributed by atoms with Crippen molar-refractivity contribution in [3.63, 3.8) is 0 Å². The second kappa shape index (κ2) is 14.1. The minimum Gasteiger partial charge on any atom is -0.508 e. The van der Waals surface area contributed by atoms with Crippen molar-refractivity contribution in [2.75, 3.05) is 0 Å². The van der Waals surface area contributed by atoms with Gasteiger partial charge in [-0.2, -0.15) is 0 Å². The Kier molecular flexibility index (Phi) is 10.1. The quantitative estimate of drug-likeness (QED) is 0.125. The molecule has 0 fully saturated rings. The van der Waals surface area contributed by atoms with Crippen LogP contribution in [0, 0.1) is 0 Å². The standard InChI is InChI=1S/C32H35N5O6/c1-19(29(39)37-28(32(42)43)16-20-7-3-2-4-8-20)35-31(41)27(17-22-18-34-26-10-6-5-9-24(22)26)36-30(40)25(33)15-21-11-13-23(38)14-12-21/h2-14,18-19,25,27-28,34,38H,15-17,33H2,1H3,(H,35,41)(H,36,40)(H,37,39)(H,42,43). The topological polar surface area (TPSA) is 187 Å². The lowest BCUT2D eigenvalue weighted by Gasteiger charge is -2.23. The van der Waals surface area contributed by atoms with Crippen molar-refractivity contribution in [1.82, 2.24) is 20.9 Å². The number of aliphatic carboxylic acids is 1. The zero-order valence-electron chi connectivity index (χ0n) is 23.6. The maximum Gasteiger partial charge on any atom is 0.326 e. The molecule has 11 nitrogen and oxygen atoms in total. The molecular formula is C32H35N5O6. The van der Waals surface area contributed by atoms with Gasteiger partial charge in [-0.3, -0.25) is 14.4 Å². The van der Waals surface area contributed by atoms with E-state index in [4.69, 9.17) is 5.73 Å². The second-order valence-corrected chi connectivity index (χ2v) is 10.4. The predicted molar refractivity (Wildman–Crippen MR) is 161 cm³/mol. The van der Waals surface area contributed by atoms with Crippen molar-refractivity contribution in [2.24, 2.45) is 5.73 Å². The molecule has 0 aliphatic carbocycles. The van der Waals surface area contributed by atoms with Crippen LogP contribution in [-0.4, -0.2) is 63.1 Å². The highest BCUT2D eigenvalue weighted by Crippen LogP contribution is 2.19. The van der Waals surface area contributed by atoms with Crippen molar-refractivity contribution < 1.29 is 29.4 Å². The van der Waals surface area contributed by atoms with E-state index < -0.39 is 47.9 Å². The van der Waals surface area contributed by atoms with Crippen molar-refractivity contribution in [3.8, 4) is 5.75 Å². The van der Waals surface area contributed by atoms with E-state index in [1.54, 1.807) is 48.7 Å². The third-order valence-electron chi connectivity index (χ3n) is 7.11. The van der Waals surface area contributed by atoms with Crippen LogP contribution >= 0.6 is 0 Å². The molecule has 1 aromatic heterocycles. The summed E-state index contributed by atoms with van der Waals surface area (Å²) >= 11 is 0. The molecule has 4 rings (SSSR count). The molecule has 0 bridgehead atoms. The normalized spacial score (nSPS) is 13.8. The van der Waals surface area contributed by atoms with Crippen LogP contribution in [0.25, 0.3) is 10.9 Å². The summed E-state index contributed by atoms with van der Waals surface area (Å²) in [6.07, 6.45) is 2.10. The largest absolute Gasteiger partial charge is 0.508 e. The molecule has 1 heterocycles. The lowest BCUT2D eigenvalue weighted by atomic mass is 10.0. The number of carboxylic acid groups (broad SMARTS) is 1. The van der Waals surface area contributed by atoms with Crippen molar-refractivity contribution >= 4 is 34.6 Å². The molecule has 224 valence electrons. The van der Waals surface area contributed by atoms with Crippen molar-refractivity contribution in [3.05, 3.63) is 102 Å². The lowest BCUT2D eigenvalue weighted by molar-refractivity contribution is -0.142. The van der Waals surface area contributed by atoms with Gasteiger partial charge in [0.2, 0.25) is 17.7 Å². The van der Waals surface area contributed by atoms with E-state index in [-0.39, 0.29) is 25.0 Å². The first-order valence-corrected chi connectivity index (χ1v) is 13.9. The van der Waals surface area contributed by atoms with Crippen LogP contribution in [0.3, 0.4) is 0 Å². The number of benzene rings is 3. The smallest absolute Gasteiger partial charge is 0.326 e. The summed E-state index contributed by atoms with van der Waals surface area (Å²) in [6, 6.07) is 18.3. The average molecular weight is 586 g/mol. The average Bonchev–Trinajstić information content (AvgIpc) is 3.40. The van der Waals surface area contributed by atoms with Crippen LogP contribution in [0.1, 0.15) is 23.6 Å². The number of carbonyl (C=O) groups excluding carboxylic acids is 3. The highest BCUT2D eigenvalue weighted by atomic mass is 16.4. The number of para-hydroxylation sites is 1. The maximum atomic E-state index is 13.5. The maximum absolute atomic E-state index is 13.5. The predicted octanol–water partition coefficient (Wildman–Crippen LogP) is 1.79. The highest BCUT2D eigenvalue weighted by molar-refractivity contribution is 5.94. The van der Waals surface area contributed by atoms with E-state index in [0.717, 1.165) is 27.6 Å². The van der Waals surface area contributed by atoms with Gasteiger partial charge in [0.15, 0.2) is 0 Å². The molecule has 11 heteroatoms. The van der Waals surface area contributed by atoms with Crippen LogP contribution in [0.2, 0.25) is 0 Å². The van der Waals surface area contributed by atoms with Gasteiger partial charge in [-0.15, -0.1) is 0 Å². The number of fused-ring (bicyclic) bond motifs is 1. The number of nitrogens with two attached hydrogens (primary N) is 1. The van der Waals surface area contributed by atoms with E-state index in [2.05, 4.69) is 20.9 Å². The zero-order valence-corrected chi connectivity index (χ0v) is 23.6. The number of carboxylic acids is 1. The Labute approximate surface area is 248 Å². The van der Waals surface area contributed by atoms with E-state index in [0.29, 0.717) is 0 Å². The molecule has 0 aliphatic heterocycles. The Morgan fingerprint density at radius 2 is 1.37 bits per heavy atom. The fraction of sp³-hybridized carbons (Fsp3) is 0.250. The molecule has 4 atom stereocenters. The number of aromatic hydroxyl groups is 1. The monoisotopic (exact) mass is 585 g/mol.